The Kier molecular flexibility index (Phi) is 5.00. The molecule has 1 aliphatic rings. The van der Waals surface area contributed by atoms with Crippen molar-refractivity contribution in [1.29, 1.82) is 0 Å². The number of anilines is 2. The predicted molar refractivity (Wildman–Crippen MR) is 80.6 cm³/mol. The minimum atomic E-state index is 0.544. The maximum atomic E-state index is 4.45. The molecular weight excluding hydrogens is 236 g/mol. The van der Waals surface area contributed by atoms with Crippen LogP contribution in [0.3, 0.4) is 0 Å². The Morgan fingerprint density at radius 2 is 1.95 bits per heavy atom. The van der Waals surface area contributed by atoms with Crippen LogP contribution in [0.5, 0.6) is 0 Å². The lowest BCUT2D eigenvalue weighted by Crippen LogP contribution is -2.21. The van der Waals surface area contributed by atoms with Gasteiger partial charge in [-0.1, -0.05) is 26.7 Å². The molecule has 4 heteroatoms. The highest BCUT2D eigenvalue weighted by Gasteiger charge is 2.25. The van der Waals surface area contributed by atoms with Crippen molar-refractivity contribution < 1.29 is 0 Å². The van der Waals surface area contributed by atoms with Gasteiger partial charge in [-0.2, -0.15) is 0 Å². The molecule has 0 bridgehead atoms. The van der Waals surface area contributed by atoms with E-state index in [1.807, 2.05) is 0 Å². The Morgan fingerprint density at radius 3 is 2.53 bits per heavy atom. The summed E-state index contributed by atoms with van der Waals surface area (Å²) in [5, 5.41) is 6.95. The minimum absolute atomic E-state index is 0.544. The van der Waals surface area contributed by atoms with Gasteiger partial charge in [0.2, 0.25) is 0 Å². The van der Waals surface area contributed by atoms with Gasteiger partial charge >= 0.3 is 0 Å². The molecule has 0 amide bonds. The Labute approximate surface area is 116 Å². The summed E-state index contributed by atoms with van der Waals surface area (Å²) >= 11 is 0. The summed E-state index contributed by atoms with van der Waals surface area (Å²) in [5.41, 5.74) is 1.21. The van der Waals surface area contributed by atoms with Gasteiger partial charge in [-0.25, -0.2) is 9.97 Å². The summed E-state index contributed by atoms with van der Waals surface area (Å²) < 4.78 is 0. The van der Waals surface area contributed by atoms with Crippen LogP contribution in [0.2, 0.25) is 0 Å². The molecule has 4 nitrogen and oxygen atoms in total. The molecule has 2 N–H and O–H groups in total. The Balaban J connectivity index is 2.10. The highest BCUT2D eigenvalue weighted by atomic mass is 15.1. The molecule has 19 heavy (non-hydrogen) atoms. The number of aromatic nitrogens is 2. The molecule has 1 heterocycles. The number of nitrogens with one attached hydrogen (secondary N) is 2. The molecule has 1 unspecified atom stereocenters. The molecule has 106 valence electrons. The van der Waals surface area contributed by atoms with Crippen molar-refractivity contribution in [2.45, 2.75) is 58.9 Å². The van der Waals surface area contributed by atoms with E-state index >= 15 is 0 Å². The van der Waals surface area contributed by atoms with Crippen LogP contribution in [-0.2, 0) is 6.42 Å². The second-order valence-corrected chi connectivity index (χ2v) is 5.36. The van der Waals surface area contributed by atoms with E-state index in [2.05, 4.69) is 41.4 Å². The molecule has 0 spiro atoms. The van der Waals surface area contributed by atoms with Gasteiger partial charge < -0.3 is 10.6 Å². The van der Waals surface area contributed by atoms with Gasteiger partial charge in [0.1, 0.15) is 18.0 Å². The second kappa shape index (κ2) is 6.73. The molecule has 0 saturated heterocycles. The fourth-order valence-corrected chi connectivity index (χ4v) is 2.47. The third kappa shape index (κ3) is 3.82. The molecule has 1 fully saturated rings. The monoisotopic (exact) mass is 262 g/mol. The van der Waals surface area contributed by atoms with E-state index in [0.717, 1.165) is 36.9 Å². The van der Waals surface area contributed by atoms with E-state index in [0.29, 0.717) is 6.04 Å². The van der Waals surface area contributed by atoms with Crippen LogP contribution in [0.15, 0.2) is 6.33 Å². The van der Waals surface area contributed by atoms with Crippen molar-refractivity contribution in [3.05, 3.63) is 11.9 Å². The van der Waals surface area contributed by atoms with Crippen LogP contribution in [0.4, 0.5) is 11.6 Å². The first-order chi connectivity index (χ1) is 9.28. The molecule has 1 saturated carbocycles. The van der Waals surface area contributed by atoms with Crippen LogP contribution in [0, 0.1) is 5.92 Å². The molecule has 2 rings (SSSR count). The van der Waals surface area contributed by atoms with Gasteiger partial charge in [0, 0.05) is 18.2 Å². The zero-order valence-electron chi connectivity index (χ0n) is 12.4. The van der Waals surface area contributed by atoms with Gasteiger partial charge in [-0.3, -0.25) is 0 Å². The topological polar surface area (TPSA) is 49.8 Å². The lowest BCUT2D eigenvalue weighted by molar-refractivity contribution is 0.584. The first kappa shape index (κ1) is 14.1. The molecule has 0 aliphatic heterocycles. The maximum absolute atomic E-state index is 4.45. The van der Waals surface area contributed by atoms with E-state index in [9.17, 15) is 0 Å². The second-order valence-electron chi connectivity index (χ2n) is 5.36. The number of nitrogens with zero attached hydrogens (tertiary/aromatic N) is 2. The largest absolute Gasteiger partial charge is 0.370 e. The van der Waals surface area contributed by atoms with Crippen molar-refractivity contribution in [3.63, 3.8) is 0 Å². The van der Waals surface area contributed by atoms with Crippen LogP contribution in [-0.4, -0.2) is 22.6 Å². The van der Waals surface area contributed by atoms with Gasteiger partial charge in [0.25, 0.3) is 0 Å². The third-order valence-corrected chi connectivity index (χ3v) is 3.79. The normalized spacial score (nSPS) is 16.2. The number of hydrogen-bond donors (Lipinski definition) is 2. The Morgan fingerprint density at radius 1 is 1.21 bits per heavy atom. The zero-order valence-corrected chi connectivity index (χ0v) is 12.4. The third-order valence-electron chi connectivity index (χ3n) is 3.79. The summed E-state index contributed by atoms with van der Waals surface area (Å²) in [6.07, 6.45) is 7.85. The summed E-state index contributed by atoms with van der Waals surface area (Å²) in [7, 11) is 0. The van der Waals surface area contributed by atoms with Crippen molar-refractivity contribution >= 4 is 11.6 Å². The van der Waals surface area contributed by atoms with Crippen LogP contribution < -0.4 is 10.6 Å². The van der Waals surface area contributed by atoms with E-state index in [1.165, 1.54) is 24.8 Å². The van der Waals surface area contributed by atoms with Crippen molar-refractivity contribution in [3.8, 4) is 0 Å². The summed E-state index contributed by atoms with van der Waals surface area (Å²) in [5.74, 6) is 2.93. The maximum Gasteiger partial charge on any atom is 0.134 e. The molecule has 1 atom stereocenters. The van der Waals surface area contributed by atoms with Crippen molar-refractivity contribution in [2.75, 3.05) is 17.2 Å². The van der Waals surface area contributed by atoms with Gasteiger partial charge in [-0.15, -0.1) is 0 Å². The molecule has 1 aliphatic carbocycles. The molecule has 1 aromatic heterocycles. The Hall–Kier alpha value is -1.32. The van der Waals surface area contributed by atoms with Crippen molar-refractivity contribution in [1.82, 2.24) is 9.97 Å². The van der Waals surface area contributed by atoms with Gasteiger partial charge in [0.15, 0.2) is 0 Å². The quantitative estimate of drug-likeness (QED) is 0.753. The molecule has 0 aromatic carbocycles. The average molecular weight is 262 g/mol. The average Bonchev–Trinajstić information content (AvgIpc) is 3.22. The van der Waals surface area contributed by atoms with Gasteiger partial charge in [-0.05, 0) is 32.1 Å². The SMILES string of the molecule is CCNc1ncnc(NC(CC)CC2CC2)c1CC. The van der Waals surface area contributed by atoms with E-state index in [-0.39, 0.29) is 0 Å². The van der Waals surface area contributed by atoms with Gasteiger partial charge in [0.05, 0.1) is 0 Å². The fraction of sp³-hybridized carbons (Fsp3) is 0.733. The van der Waals surface area contributed by atoms with Crippen LogP contribution in [0.1, 0.15) is 52.0 Å². The highest BCUT2D eigenvalue weighted by molar-refractivity contribution is 5.57. The predicted octanol–water partition coefficient (Wildman–Crippen LogP) is 3.46. The first-order valence-electron chi connectivity index (χ1n) is 7.62. The summed E-state index contributed by atoms with van der Waals surface area (Å²) in [6.45, 7) is 7.39. The smallest absolute Gasteiger partial charge is 0.134 e. The molecule has 0 radical (unpaired) electrons. The standard InChI is InChI=1S/C15H26N4/c1-4-12(9-11-7-8-11)19-15-13(5-2)14(16-6-3)17-10-18-15/h10-12H,4-9H2,1-3H3,(H2,16,17,18,19). The van der Waals surface area contributed by atoms with E-state index < -0.39 is 0 Å². The number of hydrogen-bond acceptors (Lipinski definition) is 4. The number of rotatable bonds is 8. The zero-order chi connectivity index (χ0) is 13.7. The molecule has 1 aromatic rings. The summed E-state index contributed by atoms with van der Waals surface area (Å²) in [4.78, 5) is 8.79. The summed E-state index contributed by atoms with van der Waals surface area (Å²) in [6, 6.07) is 0.544. The van der Waals surface area contributed by atoms with Crippen LogP contribution in [0.25, 0.3) is 0 Å². The lowest BCUT2D eigenvalue weighted by atomic mass is 10.1. The van der Waals surface area contributed by atoms with E-state index in [4.69, 9.17) is 0 Å². The Bertz CT molecular complexity index is 401. The fourth-order valence-electron chi connectivity index (χ4n) is 2.47. The minimum Gasteiger partial charge on any atom is -0.370 e. The van der Waals surface area contributed by atoms with E-state index in [1.54, 1.807) is 6.33 Å². The highest BCUT2D eigenvalue weighted by Crippen LogP contribution is 2.35. The lowest BCUT2D eigenvalue weighted by Gasteiger charge is -2.20. The van der Waals surface area contributed by atoms with Crippen molar-refractivity contribution in [2.24, 2.45) is 5.92 Å². The van der Waals surface area contributed by atoms with Crippen LogP contribution >= 0.6 is 0 Å². The first-order valence-corrected chi connectivity index (χ1v) is 7.62. The molecular formula is C15H26N4.